The fourth-order valence-electron chi connectivity index (χ4n) is 4.23. The van der Waals surface area contributed by atoms with E-state index in [1.165, 1.54) is 14.2 Å². The molecule has 1 heterocycles. The Morgan fingerprint density at radius 2 is 1.81 bits per heavy atom. The molecule has 1 aliphatic heterocycles. The molecule has 2 aromatic rings. The van der Waals surface area contributed by atoms with Crippen LogP contribution in [-0.2, 0) is 14.2 Å². The fraction of sp³-hybridized carbons (Fsp3) is 0.458. The van der Waals surface area contributed by atoms with Gasteiger partial charge in [0.1, 0.15) is 36.6 Å². The van der Waals surface area contributed by atoms with Gasteiger partial charge in [0.25, 0.3) is 5.91 Å². The van der Waals surface area contributed by atoms with Crippen LogP contribution in [0.5, 0.6) is 0 Å². The molecule has 1 amide bonds. The number of nitrogens with one attached hydrogen (secondary N) is 1. The van der Waals surface area contributed by atoms with Crippen LogP contribution >= 0.6 is 0 Å². The Morgan fingerprint density at radius 3 is 2.38 bits per heavy atom. The Labute approximate surface area is 187 Å². The van der Waals surface area contributed by atoms with Crippen LogP contribution in [0, 0.1) is 6.92 Å². The van der Waals surface area contributed by atoms with Crippen molar-refractivity contribution in [3.05, 3.63) is 59.2 Å². The van der Waals surface area contributed by atoms with Crippen LogP contribution in [0.25, 0.3) is 11.1 Å². The highest BCUT2D eigenvalue weighted by molar-refractivity contribution is 5.95. The molecule has 2 aromatic carbocycles. The van der Waals surface area contributed by atoms with Crippen molar-refractivity contribution in [1.82, 2.24) is 5.32 Å². The lowest BCUT2D eigenvalue weighted by Gasteiger charge is -2.32. The van der Waals surface area contributed by atoms with Crippen molar-refractivity contribution in [2.45, 2.75) is 43.5 Å². The highest BCUT2D eigenvalue weighted by Gasteiger charge is 2.48. The van der Waals surface area contributed by atoms with E-state index in [1.54, 1.807) is 13.1 Å². The topological polar surface area (TPSA) is 117 Å². The number of ether oxygens (including phenoxy) is 3. The molecule has 6 atom stereocenters. The predicted octanol–water partition coefficient (Wildman–Crippen LogP) is 1.21. The van der Waals surface area contributed by atoms with Gasteiger partial charge < -0.3 is 34.8 Å². The zero-order valence-corrected chi connectivity index (χ0v) is 18.7. The van der Waals surface area contributed by atoms with Gasteiger partial charge in [0.15, 0.2) is 0 Å². The third-order valence-corrected chi connectivity index (χ3v) is 5.99. The van der Waals surface area contributed by atoms with Gasteiger partial charge in [-0.15, -0.1) is 0 Å². The number of aliphatic hydroxyl groups is 3. The van der Waals surface area contributed by atoms with Crippen molar-refractivity contribution >= 4 is 5.91 Å². The maximum Gasteiger partial charge on any atom is 0.251 e. The minimum Gasteiger partial charge on any atom is -0.394 e. The normalized spacial score (nSPS) is 24.8. The molecule has 0 aromatic heterocycles. The van der Waals surface area contributed by atoms with E-state index >= 15 is 0 Å². The zero-order chi connectivity index (χ0) is 23.4. The molecule has 8 nitrogen and oxygen atoms in total. The van der Waals surface area contributed by atoms with Crippen molar-refractivity contribution in [3.8, 4) is 11.1 Å². The summed E-state index contributed by atoms with van der Waals surface area (Å²) < 4.78 is 17.0. The van der Waals surface area contributed by atoms with Crippen molar-refractivity contribution < 1.29 is 34.3 Å². The molecule has 8 heteroatoms. The van der Waals surface area contributed by atoms with E-state index in [1.807, 2.05) is 43.3 Å². The smallest absolute Gasteiger partial charge is 0.251 e. The summed E-state index contributed by atoms with van der Waals surface area (Å²) in [5.74, 6) is -0.152. The van der Waals surface area contributed by atoms with E-state index in [9.17, 15) is 20.1 Å². The minimum atomic E-state index is -1.22. The molecule has 32 heavy (non-hydrogen) atoms. The van der Waals surface area contributed by atoms with Crippen molar-refractivity contribution in [1.29, 1.82) is 0 Å². The molecule has 174 valence electrons. The number of aliphatic hydroxyl groups excluding tert-OH is 3. The van der Waals surface area contributed by atoms with Gasteiger partial charge in [0, 0.05) is 26.8 Å². The van der Waals surface area contributed by atoms with Gasteiger partial charge in [-0.2, -0.15) is 0 Å². The number of rotatable bonds is 8. The quantitative estimate of drug-likeness (QED) is 0.482. The molecular formula is C24H31NO7. The molecule has 3 rings (SSSR count). The van der Waals surface area contributed by atoms with Crippen LogP contribution in [0.4, 0.5) is 0 Å². The summed E-state index contributed by atoms with van der Waals surface area (Å²) in [5, 5.41) is 32.6. The molecular weight excluding hydrogens is 414 g/mol. The number of hydrogen-bond acceptors (Lipinski definition) is 7. The van der Waals surface area contributed by atoms with Crippen molar-refractivity contribution in [3.63, 3.8) is 0 Å². The molecule has 1 saturated heterocycles. The first-order chi connectivity index (χ1) is 15.4. The zero-order valence-electron chi connectivity index (χ0n) is 18.7. The minimum absolute atomic E-state index is 0.152. The summed E-state index contributed by atoms with van der Waals surface area (Å²) in [6.45, 7) is 1.53. The number of carbonyl (C=O) groups excluding carboxylic acids is 1. The first-order valence-corrected chi connectivity index (χ1v) is 10.5. The fourth-order valence-corrected chi connectivity index (χ4v) is 4.23. The highest BCUT2D eigenvalue weighted by Crippen LogP contribution is 2.35. The van der Waals surface area contributed by atoms with Crippen LogP contribution in [0.15, 0.2) is 42.5 Å². The summed E-state index contributed by atoms with van der Waals surface area (Å²) >= 11 is 0. The van der Waals surface area contributed by atoms with E-state index in [2.05, 4.69) is 5.32 Å². The second-order valence-corrected chi connectivity index (χ2v) is 7.89. The summed E-state index contributed by atoms with van der Waals surface area (Å²) in [5.41, 5.74) is 4.18. The second-order valence-electron chi connectivity index (χ2n) is 7.89. The van der Waals surface area contributed by atoms with Gasteiger partial charge in [-0.25, -0.2) is 0 Å². The summed E-state index contributed by atoms with van der Waals surface area (Å²) in [4.78, 5) is 12.0. The Balaban J connectivity index is 1.90. The van der Waals surface area contributed by atoms with Crippen LogP contribution in [0.3, 0.4) is 0 Å². The monoisotopic (exact) mass is 445 g/mol. The van der Waals surface area contributed by atoms with E-state index in [0.717, 1.165) is 22.3 Å². The Hall–Kier alpha value is -2.33. The second kappa shape index (κ2) is 10.5. The largest absolute Gasteiger partial charge is 0.394 e. The van der Waals surface area contributed by atoms with Crippen LogP contribution in [-0.4, -0.2) is 79.6 Å². The maximum absolute atomic E-state index is 12.0. The van der Waals surface area contributed by atoms with E-state index in [0.29, 0.717) is 5.56 Å². The van der Waals surface area contributed by atoms with Gasteiger partial charge in [-0.05, 0) is 41.3 Å². The predicted molar refractivity (Wildman–Crippen MR) is 118 cm³/mol. The molecule has 0 radical (unpaired) electrons. The Bertz CT molecular complexity index is 934. The van der Waals surface area contributed by atoms with Crippen molar-refractivity contribution in [2.24, 2.45) is 0 Å². The molecule has 0 bridgehead atoms. The first-order valence-electron chi connectivity index (χ1n) is 10.5. The maximum atomic E-state index is 12.0. The standard InChI is InChI=1S/C24H31NO7/c1-13-10-15(14-6-5-7-16(11-14)24(29)25-2)8-9-17(13)21(30-3)23(31-4)22-20(28)19(27)18(12-26)32-22/h5-11,18-23,26-28H,12H2,1-4H3,(H,25,29)/t18?,19-,20?,21-,22?,23-/m1/s1. The summed E-state index contributed by atoms with van der Waals surface area (Å²) in [7, 11) is 4.62. The molecule has 4 N–H and O–H groups in total. The third-order valence-electron chi connectivity index (χ3n) is 5.99. The highest BCUT2D eigenvalue weighted by atomic mass is 16.6. The lowest BCUT2D eigenvalue weighted by Crippen LogP contribution is -2.43. The van der Waals surface area contributed by atoms with Gasteiger partial charge in [-0.1, -0.05) is 30.3 Å². The van der Waals surface area contributed by atoms with E-state index < -0.39 is 43.2 Å². The lowest BCUT2D eigenvalue weighted by atomic mass is 9.91. The number of aryl methyl sites for hydroxylation is 1. The van der Waals surface area contributed by atoms with Gasteiger partial charge in [0.2, 0.25) is 0 Å². The number of amides is 1. The summed E-state index contributed by atoms with van der Waals surface area (Å²) in [6, 6.07) is 13.2. The first kappa shape index (κ1) is 24.3. The number of carbonyl (C=O) groups is 1. The van der Waals surface area contributed by atoms with Gasteiger partial charge in [-0.3, -0.25) is 4.79 Å². The van der Waals surface area contributed by atoms with Crippen molar-refractivity contribution in [2.75, 3.05) is 27.9 Å². The number of benzene rings is 2. The average molecular weight is 446 g/mol. The van der Waals surface area contributed by atoms with Crippen LogP contribution < -0.4 is 5.32 Å². The molecule has 3 unspecified atom stereocenters. The van der Waals surface area contributed by atoms with Crippen LogP contribution in [0.2, 0.25) is 0 Å². The van der Waals surface area contributed by atoms with Gasteiger partial charge in [0.05, 0.1) is 6.61 Å². The Morgan fingerprint density at radius 1 is 1.09 bits per heavy atom. The number of methoxy groups -OCH3 is 2. The van der Waals surface area contributed by atoms with E-state index in [4.69, 9.17) is 14.2 Å². The van der Waals surface area contributed by atoms with Gasteiger partial charge >= 0.3 is 0 Å². The molecule has 0 spiro atoms. The van der Waals surface area contributed by atoms with Crippen LogP contribution in [0.1, 0.15) is 27.6 Å². The molecule has 0 aliphatic carbocycles. The molecule has 1 fully saturated rings. The Kier molecular flexibility index (Phi) is 8.00. The molecule has 0 saturated carbocycles. The molecule has 1 aliphatic rings. The third kappa shape index (κ3) is 4.71. The SMILES string of the molecule is CNC(=O)c1cccc(-c2ccc([C@@H](OC)[C@@H](OC)C3OC(CO)[C@@H](O)C3O)c(C)c2)c1. The number of hydrogen-bond donors (Lipinski definition) is 4. The summed E-state index contributed by atoms with van der Waals surface area (Å²) in [6.07, 6.45) is -5.50. The lowest BCUT2D eigenvalue weighted by molar-refractivity contribution is -0.137. The van der Waals surface area contributed by atoms with E-state index in [-0.39, 0.29) is 5.91 Å². The average Bonchev–Trinajstić information content (AvgIpc) is 3.10.